The first kappa shape index (κ1) is 14.2. The van der Waals surface area contributed by atoms with Crippen molar-refractivity contribution in [2.24, 2.45) is 0 Å². The van der Waals surface area contributed by atoms with E-state index in [1.54, 1.807) is 23.5 Å². The zero-order chi connectivity index (χ0) is 13.7. The molecule has 0 aliphatic heterocycles. The Morgan fingerprint density at radius 1 is 0.947 bits per heavy atom. The van der Waals surface area contributed by atoms with Crippen molar-refractivity contribution in [1.29, 1.82) is 0 Å². The van der Waals surface area contributed by atoms with Gasteiger partial charge in [-0.05, 0) is 19.1 Å². The summed E-state index contributed by atoms with van der Waals surface area (Å²) in [6.45, 7) is 4.94. The Hall–Kier alpha value is -1.26. The van der Waals surface area contributed by atoms with Crippen LogP contribution in [0.15, 0.2) is 65.4 Å². The average molecular weight is 290 g/mol. The van der Waals surface area contributed by atoms with Crippen molar-refractivity contribution in [3.63, 3.8) is 0 Å². The van der Waals surface area contributed by atoms with E-state index >= 15 is 0 Å². The molecule has 0 saturated heterocycles. The van der Waals surface area contributed by atoms with Crippen LogP contribution in [0.4, 0.5) is 0 Å². The van der Waals surface area contributed by atoms with Crippen molar-refractivity contribution >= 4 is 29.2 Å². The molecule has 98 valence electrons. The minimum Gasteiger partial charge on any atom is -0.194 e. The second-order valence-corrected chi connectivity index (χ2v) is 5.88. The zero-order valence-corrected chi connectivity index (χ0v) is 12.9. The largest absolute Gasteiger partial charge is 0.245 e. The Morgan fingerprint density at radius 3 is 1.89 bits per heavy atom. The monoisotopic (exact) mass is 290 g/mol. The molecule has 0 amide bonds. The van der Waals surface area contributed by atoms with Gasteiger partial charge >= 0.3 is 0 Å². The first-order chi connectivity index (χ1) is 9.22. The van der Waals surface area contributed by atoms with Gasteiger partial charge in [-0.25, -0.2) is 0 Å². The third-order valence-electron chi connectivity index (χ3n) is 2.86. The highest BCUT2D eigenvalue weighted by Gasteiger charge is 2.12. The quantitative estimate of drug-likeness (QED) is 0.618. The van der Waals surface area contributed by atoms with Gasteiger partial charge in [-0.15, -0.1) is 23.5 Å². The molecule has 0 unspecified atom stereocenters. The minimum atomic E-state index is 0.790. The maximum absolute atomic E-state index is 4.15. The van der Waals surface area contributed by atoms with E-state index in [0.29, 0.717) is 0 Å². The van der Waals surface area contributed by atoms with Crippen LogP contribution in [0.3, 0.4) is 0 Å². The number of thioether (sulfide) groups is 2. The van der Waals surface area contributed by atoms with Crippen molar-refractivity contribution in [2.75, 3.05) is 12.5 Å². The molecule has 0 radical (unpaired) electrons. The van der Waals surface area contributed by atoms with Crippen LogP contribution in [0.2, 0.25) is 0 Å². The number of pyridine rings is 2. The third-order valence-corrected chi connectivity index (χ3v) is 4.35. The smallest absolute Gasteiger partial charge is 0.194 e. The van der Waals surface area contributed by atoms with Gasteiger partial charge in [0.2, 0.25) is 12.2 Å². The summed E-state index contributed by atoms with van der Waals surface area (Å²) in [4.78, 5) is 2.54. The number of aromatic nitrogens is 2. The lowest BCUT2D eigenvalue weighted by Gasteiger charge is -1.99. The number of hydrogen-bond acceptors (Lipinski definition) is 2. The summed E-state index contributed by atoms with van der Waals surface area (Å²) >= 11 is 3.50. The van der Waals surface area contributed by atoms with Gasteiger partial charge in [-0.1, -0.05) is 0 Å². The maximum atomic E-state index is 4.15. The molecule has 0 aliphatic carbocycles. The lowest BCUT2D eigenvalue weighted by atomic mass is 10.4. The van der Waals surface area contributed by atoms with Crippen LogP contribution >= 0.6 is 23.5 Å². The highest BCUT2D eigenvalue weighted by molar-refractivity contribution is 7.98. The van der Waals surface area contributed by atoms with E-state index in [2.05, 4.69) is 77.3 Å². The first-order valence-corrected chi connectivity index (χ1v) is 8.44. The summed E-state index contributed by atoms with van der Waals surface area (Å²) in [6, 6.07) is 8.47. The summed E-state index contributed by atoms with van der Waals surface area (Å²) in [6.07, 6.45) is 12.5. The number of rotatable bonds is 5. The minimum absolute atomic E-state index is 0.790. The number of hydrogen-bond donors (Lipinski definition) is 0. The number of nitrogens with zero attached hydrogens (tertiary/aromatic N) is 2. The molecule has 0 atom stereocenters. The Labute approximate surface area is 123 Å². The molecule has 4 heteroatoms. The lowest BCUT2D eigenvalue weighted by molar-refractivity contribution is -0.709. The highest BCUT2D eigenvalue weighted by atomic mass is 32.2. The van der Waals surface area contributed by atoms with Crippen LogP contribution in [-0.2, 0) is 6.54 Å². The SMILES string of the molecule is C=C(C[n+]1ccc(SC)cc1)[n+]1ccc(SC)cc1. The summed E-state index contributed by atoms with van der Waals surface area (Å²) in [5.41, 5.74) is 1.05. The van der Waals surface area contributed by atoms with Crippen molar-refractivity contribution < 1.29 is 9.13 Å². The van der Waals surface area contributed by atoms with E-state index in [9.17, 15) is 0 Å². The standard InChI is InChI=1S/C15H18N2S2/c1-13(17-10-6-15(19-3)7-11-17)12-16-8-4-14(18-2)5-9-16/h4-11H,1,12H2,2-3H3/q+2. The molecular weight excluding hydrogens is 272 g/mol. The van der Waals surface area contributed by atoms with Crippen LogP contribution in [0.5, 0.6) is 0 Å². The Kier molecular flexibility index (Phi) is 5.05. The summed E-state index contributed by atoms with van der Waals surface area (Å²) in [5, 5.41) is 0. The fourth-order valence-electron chi connectivity index (χ4n) is 1.74. The van der Waals surface area contributed by atoms with Crippen LogP contribution in [0, 0.1) is 0 Å². The van der Waals surface area contributed by atoms with E-state index in [1.807, 2.05) is 0 Å². The van der Waals surface area contributed by atoms with E-state index in [1.165, 1.54) is 9.79 Å². The lowest BCUT2D eigenvalue weighted by Crippen LogP contribution is -2.42. The molecule has 2 heterocycles. The van der Waals surface area contributed by atoms with Crippen LogP contribution in [0.25, 0.3) is 5.70 Å². The van der Waals surface area contributed by atoms with E-state index in [-0.39, 0.29) is 0 Å². The summed E-state index contributed by atoms with van der Waals surface area (Å²) < 4.78 is 4.20. The molecule has 0 saturated carbocycles. The fraction of sp³-hybridized carbons (Fsp3) is 0.200. The average Bonchev–Trinajstić information content (AvgIpc) is 2.48. The molecule has 2 nitrogen and oxygen atoms in total. The summed E-state index contributed by atoms with van der Waals surface area (Å²) in [5.74, 6) is 0. The molecule has 0 bridgehead atoms. The third kappa shape index (κ3) is 3.85. The molecule has 2 aromatic rings. The van der Waals surface area contributed by atoms with Crippen LogP contribution < -0.4 is 9.13 Å². The van der Waals surface area contributed by atoms with E-state index < -0.39 is 0 Å². The van der Waals surface area contributed by atoms with Crippen molar-refractivity contribution in [2.45, 2.75) is 16.3 Å². The topological polar surface area (TPSA) is 7.76 Å². The molecular formula is C15H18N2S2+2. The molecule has 2 rings (SSSR count). The second kappa shape index (κ2) is 6.78. The van der Waals surface area contributed by atoms with Crippen LogP contribution in [0.1, 0.15) is 0 Å². The van der Waals surface area contributed by atoms with Crippen molar-refractivity contribution in [3.05, 3.63) is 55.6 Å². The molecule has 19 heavy (non-hydrogen) atoms. The second-order valence-electron chi connectivity index (χ2n) is 4.12. The normalized spacial score (nSPS) is 10.4. The molecule has 0 aliphatic rings. The van der Waals surface area contributed by atoms with E-state index in [0.717, 1.165) is 12.2 Å². The Bertz CT molecular complexity index is 547. The van der Waals surface area contributed by atoms with Crippen molar-refractivity contribution in [3.8, 4) is 0 Å². The first-order valence-electron chi connectivity index (χ1n) is 5.99. The van der Waals surface area contributed by atoms with Gasteiger partial charge in [0.15, 0.2) is 24.8 Å². The molecule has 0 N–H and O–H groups in total. The van der Waals surface area contributed by atoms with Gasteiger partial charge < -0.3 is 0 Å². The van der Waals surface area contributed by atoms with Crippen LogP contribution in [-0.4, -0.2) is 12.5 Å². The molecule has 0 spiro atoms. The van der Waals surface area contributed by atoms with E-state index in [4.69, 9.17) is 0 Å². The van der Waals surface area contributed by atoms with Gasteiger partial charge in [0.1, 0.15) is 0 Å². The Balaban J connectivity index is 2.06. The van der Waals surface area contributed by atoms with Gasteiger partial charge in [0.05, 0.1) is 0 Å². The van der Waals surface area contributed by atoms with Gasteiger partial charge in [-0.2, -0.15) is 9.13 Å². The molecule has 0 aromatic carbocycles. The van der Waals surface area contributed by atoms with Gasteiger partial charge in [0.25, 0.3) is 0 Å². The van der Waals surface area contributed by atoms with Gasteiger partial charge in [0, 0.05) is 34.1 Å². The Morgan fingerprint density at radius 2 is 1.42 bits per heavy atom. The predicted molar refractivity (Wildman–Crippen MR) is 82.2 cm³/mol. The predicted octanol–water partition coefficient (Wildman–Crippen LogP) is 2.88. The van der Waals surface area contributed by atoms with Crippen molar-refractivity contribution in [1.82, 2.24) is 0 Å². The maximum Gasteiger partial charge on any atom is 0.245 e. The summed E-state index contributed by atoms with van der Waals surface area (Å²) in [7, 11) is 0. The highest BCUT2D eigenvalue weighted by Crippen LogP contribution is 2.12. The zero-order valence-electron chi connectivity index (χ0n) is 11.2. The van der Waals surface area contributed by atoms with Gasteiger partial charge in [-0.3, -0.25) is 0 Å². The molecule has 2 aromatic heterocycles. The fourth-order valence-corrected chi connectivity index (χ4v) is 2.52. The number of allylic oxidation sites excluding steroid dienone is 1. The molecule has 0 fully saturated rings.